The van der Waals surface area contributed by atoms with Crippen molar-refractivity contribution in [3.63, 3.8) is 0 Å². The molecule has 88 valence electrons. The fraction of sp³-hybridized carbons (Fsp3) is 0.909. The van der Waals surface area contributed by atoms with E-state index in [9.17, 15) is 4.79 Å². The molecule has 1 heterocycles. The molecule has 4 heteroatoms. The molecule has 0 aliphatic carbocycles. The summed E-state index contributed by atoms with van der Waals surface area (Å²) in [5.74, 6) is 0.745. The van der Waals surface area contributed by atoms with Gasteiger partial charge in [0, 0.05) is 27.1 Å². The van der Waals surface area contributed by atoms with Crippen molar-refractivity contribution < 1.29 is 9.53 Å². The highest BCUT2D eigenvalue weighted by Crippen LogP contribution is 2.19. The summed E-state index contributed by atoms with van der Waals surface area (Å²) in [4.78, 5) is 13.6. The van der Waals surface area contributed by atoms with Crippen molar-refractivity contribution in [3.05, 3.63) is 0 Å². The van der Waals surface area contributed by atoms with Gasteiger partial charge in [0.1, 0.15) is 0 Å². The average molecular weight is 214 g/mol. The average Bonchev–Trinajstić information content (AvgIpc) is 2.28. The minimum Gasteiger partial charge on any atom is -0.383 e. The molecular weight excluding hydrogens is 192 g/mol. The largest absolute Gasteiger partial charge is 0.383 e. The van der Waals surface area contributed by atoms with Crippen LogP contribution in [0.1, 0.15) is 19.3 Å². The summed E-state index contributed by atoms with van der Waals surface area (Å²) in [6.45, 7) is 4.03. The Balaban J connectivity index is 2.15. The van der Waals surface area contributed by atoms with Gasteiger partial charge in [-0.2, -0.15) is 0 Å². The van der Waals surface area contributed by atoms with Crippen LogP contribution in [0.15, 0.2) is 0 Å². The van der Waals surface area contributed by atoms with Gasteiger partial charge in [0.15, 0.2) is 0 Å². The van der Waals surface area contributed by atoms with Crippen LogP contribution in [0.4, 0.5) is 0 Å². The molecule has 1 fully saturated rings. The maximum absolute atomic E-state index is 11.2. The van der Waals surface area contributed by atoms with Crippen molar-refractivity contribution in [1.82, 2.24) is 10.2 Å². The topological polar surface area (TPSA) is 41.6 Å². The molecule has 0 unspecified atom stereocenters. The zero-order chi connectivity index (χ0) is 11.1. The Bertz CT molecular complexity index is 189. The second kappa shape index (κ2) is 6.80. The summed E-state index contributed by atoms with van der Waals surface area (Å²) in [7, 11) is 3.44. The number of ether oxygens (including phenoxy) is 1. The smallest absolute Gasteiger partial charge is 0.220 e. The second-order valence-electron chi connectivity index (χ2n) is 4.16. The maximum atomic E-state index is 11.2. The highest BCUT2D eigenvalue weighted by molar-refractivity contribution is 5.75. The monoisotopic (exact) mass is 214 g/mol. The number of hydrogen-bond acceptors (Lipinski definition) is 3. The Hall–Kier alpha value is -0.610. The number of carbonyl (C=O) groups excluding carboxylic acids is 1. The van der Waals surface area contributed by atoms with Crippen LogP contribution in [0.25, 0.3) is 0 Å². The van der Waals surface area contributed by atoms with Gasteiger partial charge >= 0.3 is 0 Å². The van der Waals surface area contributed by atoms with Gasteiger partial charge < -0.3 is 15.0 Å². The molecule has 0 atom stereocenters. The van der Waals surface area contributed by atoms with E-state index in [1.165, 1.54) is 0 Å². The van der Waals surface area contributed by atoms with Gasteiger partial charge in [-0.3, -0.25) is 4.79 Å². The Morgan fingerprint density at radius 2 is 2.13 bits per heavy atom. The van der Waals surface area contributed by atoms with Crippen molar-refractivity contribution in [1.29, 1.82) is 0 Å². The molecule has 0 saturated carbocycles. The molecule has 0 spiro atoms. The predicted molar refractivity (Wildman–Crippen MR) is 59.7 cm³/mol. The maximum Gasteiger partial charge on any atom is 0.220 e. The third-order valence-electron chi connectivity index (χ3n) is 3.07. The Morgan fingerprint density at radius 1 is 1.47 bits per heavy atom. The van der Waals surface area contributed by atoms with Gasteiger partial charge in [-0.25, -0.2) is 0 Å². The van der Waals surface area contributed by atoms with Crippen molar-refractivity contribution in [2.75, 3.05) is 40.4 Å². The van der Waals surface area contributed by atoms with E-state index in [0.717, 1.165) is 39.1 Å². The van der Waals surface area contributed by atoms with Crippen LogP contribution >= 0.6 is 0 Å². The quantitative estimate of drug-likeness (QED) is 0.724. The number of nitrogens with zero attached hydrogens (tertiary/aromatic N) is 1. The molecule has 0 radical (unpaired) electrons. The number of likely N-dealkylation sites (tertiary alicyclic amines) is 1. The summed E-state index contributed by atoms with van der Waals surface area (Å²) in [5.41, 5.74) is 0. The van der Waals surface area contributed by atoms with Crippen LogP contribution in [0.3, 0.4) is 0 Å². The molecular formula is C11H22N2O2. The predicted octanol–water partition coefficient (Wildman–Crippen LogP) is 0.481. The highest BCUT2D eigenvalue weighted by atomic mass is 16.5. The zero-order valence-electron chi connectivity index (χ0n) is 9.79. The number of piperidine rings is 1. The second-order valence-corrected chi connectivity index (χ2v) is 4.16. The van der Waals surface area contributed by atoms with Gasteiger partial charge in [-0.15, -0.1) is 0 Å². The first kappa shape index (κ1) is 12.5. The first-order valence-corrected chi connectivity index (χ1v) is 5.68. The first-order chi connectivity index (χ1) is 7.26. The highest BCUT2D eigenvalue weighted by Gasteiger charge is 2.20. The Kier molecular flexibility index (Phi) is 5.65. The van der Waals surface area contributed by atoms with E-state index in [-0.39, 0.29) is 5.91 Å². The summed E-state index contributed by atoms with van der Waals surface area (Å²) >= 11 is 0. The van der Waals surface area contributed by atoms with Crippen LogP contribution in [-0.4, -0.2) is 51.2 Å². The number of nitrogens with one attached hydrogen (secondary N) is 1. The molecule has 1 saturated heterocycles. The molecule has 1 rings (SSSR count). The van der Waals surface area contributed by atoms with Crippen LogP contribution in [0.5, 0.6) is 0 Å². The molecule has 0 aromatic heterocycles. The Labute approximate surface area is 92.0 Å². The van der Waals surface area contributed by atoms with Gasteiger partial charge in [-0.1, -0.05) is 0 Å². The van der Waals surface area contributed by atoms with E-state index in [1.54, 1.807) is 14.2 Å². The SMILES string of the molecule is CNC(=O)CC1CCN(CCOC)CC1. The number of amides is 1. The van der Waals surface area contributed by atoms with E-state index in [0.29, 0.717) is 12.3 Å². The molecule has 0 aromatic rings. The van der Waals surface area contributed by atoms with Gasteiger partial charge in [-0.05, 0) is 31.8 Å². The molecule has 4 nitrogen and oxygen atoms in total. The third kappa shape index (κ3) is 4.62. The number of rotatable bonds is 5. The summed E-state index contributed by atoms with van der Waals surface area (Å²) in [5, 5.41) is 2.69. The fourth-order valence-electron chi connectivity index (χ4n) is 2.00. The van der Waals surface area contributed by atoms with E-state index < -0.39 is 0 Å². The third-order valence-corrected chi connectivity index (χ3v) is 3.07. The van der Waals surface area contributed by atoms with Crippen LogP contribution < -0.4 is 5.32 Å². The lowest BCUT2D eigenvalue weighted by Gasteiger charge is -2.31. The molecule has 1 N–H and O–H groups in total. The minimum atomic E-state index is 0.172. The van der Waals surface area contributed by atoms with Crippen molar-refractivity contribution in [2.45, 2.75) is 19.3 Å². The van der Waals surface area contributed by atoms with E-state index in [2.05, 4.69) is 10.2 Å². The fourth-order valence-corrected chi connectivity index (χ4v) is 2.00. The number of hydrogen-bond donors (Lipinski definition) is 1. The van der Waals surface area contributed by atoms with Gasteiger partial charge in [0.25, 0.3) is 0 Å². The standard InChI is InChI=1S/C11H22N2O2/c1-12-11(14)9-10-3-5-13(6-4-10)7-8-15-2/h10H,3-9H2,1-2H3,(H,12,14). The lowest BCUT2D eigenvalue weighted by Crippen LogP contribution is -2.37. The summed E-state index contributed by atoms with van der Waals surface area (Å²) < 4.78 is 5.05. The zero-order valence-corrected chi connectivity index (χ0v) is 9.79. The van der Waals surface area contributed by atoms with E-state index >= 15 is 0 Å². The van der Waals surface area contributed by atoms with Crippen LogP contribution in [0, 0.1) is 5.92 Å². The molecule has 1 amide bonds. The first-order valence-electron chi connectivity index (χ1n) is 5.68. The molecule has 1 aliphatic rings. The molecule has 0 aromatic carbocycles. The van der Waals surface area contributed by atoms with Crippen LogP contribution in [0.2, 0.25) is 0 Å². The van der Waals surface area contributed by atoms with Crippen molar-refractivity contribution in [2.24, 2.45) is 5.92 Å². The lowest BCUT2D eigenvalue weighted by atomic mass is 9.93. The van der Waals surface area contributed by atoms with Crippen LogP contribution in [-0.2, 0) is 9.53 Å². The summed E-state index contributed by atoms with van der Waals surface area (Å²) in [6.07, 6.45) is 2.96. The summed E-state index contributed by atoms with van der Waals surface area (Å²) in [6, 6.07) is 0. The molecule has 15 heavy (non-hydrogen) atoms. The molecule has 1 aliphatic heterocycles. The number of carbonyl (C=O) groups is 1. The van der Waals surface area contributed by atoms with E-state index in [1.807, 2.05) is 0 Å². The molecule has 0 bridgehead atoms. The number of methoxy groups -OCH3 is 1. The van der Waals surface area contributed by atoms with Gasteiger partial charge in [0.2, 0.25) is 5.91 Å². The normalized spacial score (nSPS) is 19.1. The minimum absolute atomic E-state index is 0.172. The Morgan fingerprint density at radius 3 is 2.67 bits per heavy atom. The van der Waals surface area contributed by atoms with Gasteiger partial charge in [0.05, 0.1) is 6.61 Å². The van der Waals surface area contributed by atoms with Crippen molar-refractivity contribution in [3.8, 4) is 0 Å². The van der Waals surface area contributed by atoms with E-state index in [4.69, 9.17) is 4.74 Å². The lowest BCUT2D eigenvalue weighted by molar-refractivity contribution is -0.121. The van der Waals surface area contributed by atoms with Crippen molar-refractivity contribution >= 4 is 5.91 Å².